The Kier molecular flexibility index (Phi) is 3.98. The van der Waals surface area contributed by atoms with Crippen LogP contribution in [0.4, 0.5) is 20.2 Å². The molecule has 0 saturated carbocycles. The second-order valence-electron chi connectivity index (χ2n) is 4.36. The summed E-state index contributed by atoms with van der Waals surface area (Å²) < 4.78 is 26.6. The molecular formula is C15H14F2N2O. The number of nitrogens with two attached hydrogens (primary N) is 1. The lowest BCUT2D eigenvalue weighted by molar-refractivity contribution is 0.102. The van der Waals surface area contributed by atoms with Crippen molar-refractivity contribution in [1.29, 1.82) is 0 Å². The van der Waals surface area contributed by atoms with Crippen LogP contribution in [0, 0.1) is 11.6 Å². The molecule has 3 N–H and O–H groups in total. The summed E-state index contributed by atoms with van der Waals surface area (Å²) in [5.74, 6) is -2.50. The Labute approximate surface area is 115 Å². The standard InChI is InChI=1S/C15H14F2N2O/c1-2-9-3-5-10(6-4-9)19-15(20)11-7-14(18)13(17)8-12(11)16/h3-8H,2,18H2,1H3,(H,19,20). The van der Waals surface area contributed by atoms with Gasteiger partial charge in [-0.3, -0.25) is 4.79 Å². The maximum atomic E-state index is 13.5. The molecule has 0 fully saturated rings. The molecule has 2 aromatic carbocycles. The van der Waals surface area contributed by atoms with Crippen LogP contribution < -0.4 is 11.1 Å². The summed E-state index contributed by atoms with van der Waals surface area (Å²) >= 11 is 0. The normalized spacial score (nSPS) is 10.3. The summed E-state index contributed by atoms with van der Waals surface area (Å²) in [6.07, 6.45) is 0.886. The molecule has 0 aromatic heterocycles. The third-order valence-electron chi connectivity index (χ3n) is 2.95. The fourth-order valence-corrected chi connectivity index (χ4v) is 1.76. The van der Waals surface area contributed by atoms with Crippen LogP contribution in [0.2, 0.25) is 0 Å². The molecule has 2 rings (SSSR count). The zero-order valence-corrected chi connectivity index (χ0v) is 10.9. The highest BCUT2D eigenvalue weighted by Gasteiger charge is 2.15. The zero-order chi connectivity index (χ0) is 14.7. The van der Waals surface area contributed by atoms with Crippen LogP contribution in [0.3, 0.4) is 0 Å². The number of nitrogens with one attached hydrogen (secondary N) is 1. The Morgan fingerprint density at radius 1 is 1.15 bits per heavy atom. The van der Waals surface area contributed by atoms with Gasteiger partial charge < -0.3 is 11.1 Å². The van der Waals surface area contributed by atoms with E-state index in [0.717, 1.165) is 18.1 Å². The molecule has 0 radical (unpaired) electrons. The fraction of sp³-hybridized carbons (Fsp3) is 0.133. The van der Waals surface area contributed by atoms with Crippen LogP contribution in [0.15, 0.2) is 36.4 Å². The molecule has 104 valence electrons. The van der Waals surface area contributed by atoms with Crippen LogP contribution in [0.1, 0.15) is 22.8 Å². The van der Waals surface area contributed by atoms with E-state index < -0.39 is 17.5 Å². The minimum Gasteiger partial charge on any atom is -0.396 e. The van der Waals surface area contributed by atoms with E-state index in [1.165, 1.54) is 0 Å². The number of rotatable bonds is 3. The van der Waals surface area contributed by atoms with Crippen molar-refractivity contribution in [2.75, 3.05) is 11.1 Å². The van der Waals surface area contributed by atoms with E-state index in [2.05, 4.69) is 5.32 Å². The van der Waals surface area contributed by atoms with Gasteiger partial charge in [-0.05, 0) is 30.2 Å². The van der Waals surface area contributed by atoms with Gasteiger partial charge >= 0.3 is 0 Å². The molecule has 20 heavy (non-hydrogen) atoms. The van der Waals surface area contributed by atoms with Crippen molar-refractivity contribution in [3.63, 3.8) is 0 Å². The summed E-state index contributed by atoms with van der Waals surface area (Å²) in [7, 11) is 0. The summed E-state index contributed by atoms with van der Waals surface area (Å²) in [5, 5.41) is 2.54. The highest BCUT2D eigenvalue weighted by Crippen LogP contribution is 2.18. The number of amides is 1. The van der Waals surface area contributed by atoms with E-state index in [1.807, 2.05) is 19.1 Å². The van der Waals surface area contributed by atoms with Gasteiger partial charge in [0.1, 0.15) is 11.6 Å². The predicted molar refractivity (Wildman–Crippen MR) is 74.5 cm³/mol. The zero-order valence-electron chi connectivity index (χ0n) is 10.9. The molecular weight excluding hydrogens is 262 g/mol. The first-order chi connectivity index (χ1) is 9.51. The molecule has 0 atom stereocenters. The molecule has 0 aliphatic rings. The van der Waals surface area contributed by atoms with Crippen LogP contribution in [0.25, 0.3) is 0 Å². The van der Waals surface area contributed by atoms with Crippen molar-refractivity contribution in [1.82, 2.24) is 0 Å². The lowest BCUT2D eigenvalue weighted by atomic mass is 10.1. The Balaban J connectivity index is 2.21. The summed E-state index contributed by atoms with van der Waals surface area (Å²) in [6, 6.07) is 8.77. The van der Waals surface area contributed by atoms with Gasteiger partial charge in [0, 0.05) is 11.8 Å². The lowest BCUT2D eigenvalue weighted by Crippen LogP contribution is -2.14. The molecule has 0 aliphatic heterocycles. The molecule has 0 spiro atoms. The Morgan fingerprint density at radius 2 is 1.80 bits per heavy atom. The maximum absolute atomic E-state index is 13.5. The van der Waals surface area contributed by atoms with E-state index >= 15 is 0 Å². The van der Waals surface area contributed by atoms with Gasteiger partial charge in [-0.25, -0.2) is 8.78 Å². The molecule has 0 unspecified atom stereocenters. The van der Waals surface area contributed by atoms with Gasteiger partial charge in [0.15, 0.2) is 0 Å². The smallest absolute Gasteiger partial charge is 0.258 e. The third kappa shape index (κ3) is 2.93. The monoisotopic (exact) mass is 276 g/mol. The van der Waals surface area contributed by atoms with E-state index in [9.17, 15) is 13.6 Å². The predicted octanol–water partition coefficient (Wildman–Crippen LogP) is 3.36. The maximum Gasteiger partial charge on any atom is 0.258 e. The second kappa shape index (κ2) is 5.69. The van der Waals surface area contributed by atoms with Crippen molar-refractivity contribution in [2.24, 2.45) is 0 Å². The number of halogens is 2. The van der Waals surface area contributed by atoms with Crippen molar-refractivity contribution in [3.05, 3.63) is 59.2 Å². The molecule has 5 heteroatoms. The SMILES string of the molecule is CCc1ccc(NC(=O)c2cc(N)c(F)cc2F)cc1. The topological polar surface area (TPSA) is 55.1 Å². The second-order valence-corrected chi connectivity index (χ2v) is 4.36. The Hall–Kier alpha value is -2.43. The number of anilines is 2. The molecule has 2 aromatic rings. The Morgan fingerprint density at radius 3 is 2.40 bits per heavy atom. The van der Waals surface area contributed by atoms with Crippen LogP contribution in [-0.2, 0) is 6.42 Å². The van der Waals surface area contributed by atoms with Crippen LogP contribution >= 0.6 is 0 Å². The van der Waals surface area contributed by atoms with Gasteiger partial charge in [0.2, 0.25) is 0 Å². The van der Waals surface area contributed by atoms with Crippen molar-refractivity contribution in [2.45, 2.75) is 13.3 Å². The number of benzene rings is 2. The van der Waals surface area contributed by atoms with Gasteiger partial charge in [-0.15, -0.1) is 0 Å². The molecule has 0 saturated heterocycles. The first kappa shape index (κ1) is 14.0. The molecule has 3 nitrogen and oxygen atoms in total. The minimum absolute atomic E-state index is 0.266. The summed E-state index contributed by atoms with van der Waals surface area (Å²) in [6.45, 7) is 2.02. The van der Waals surface area contributed by atoms with Crippen molar-refractivity contribution < 1.29 is 13.6 Å². The van der Waals surface area contributed by atoms with E-state index in [0.29, 0.717) is 11.8 Å². The largest absolute Gasteiger partial charge is 0.396 e. The van der Waals surface area contributed by atoms with Gasteiger partial charge in [-0.2, -0.15) is 0 Å². The number of aryl methyl sites for hydroxylation is 1. The average Bonchev–Trinajstić information content (AvgIpc) is 2.43. The van der Waals surface area contributed by atoms with Gasteiger partial charge in [0.25, 0.3) is 5.91 Å². The highest BCUT2D eigenvalue weighted by molar-refractivity contribution is 6.05. The van der Waals surface area contributed by atoms with Gasteiger partial charge in [0.05, 0.1) is 11.3 Å². The van der Waals surface area contributed by atoms with Crippen LogP contribution in [0.5, 0.6) is 0 Å². The minimum atomic E-state index is -0.945. The number of hydrogen-bond acceptors (Lipinski definition) is 2. The number of hydrogen-bond donors (Lipinski definition) is 2. The van der Waals surface area contributed by atoms with Gasteiger partial charge in [-0.1, -0.05) is 19.1 Å². The number of nitrogen functional groups attached to an aromatic ring is 1. The average molecular weight is 276 g/mol. The summed E-state index contributed by atoms with van der Waals surface area (Å²) in [5.41, 5.74) is 6.44. The summed E-state index contributed by atoms with van der Waals surface area (Å²) in [4.78, 5) is 11.9. The molecule has 0 aliphatic carbocycles. The quantitative estimate of drug-likeness (QED) is 0.844. The molecule has 0 bridgehead atoms. The van der Waals surface area contributed by atoms with E-state index in [4.69, 9.17) is 5.73 Å². The van der Waals surface area contributed by atoms with E-state index in [-0.39, 0.29) is 11.3 Å². The lowest BCUT2D eigenvalue weighted by Gasteiger charge is -2.08. The highest BCUT2D eigenvalue weighted by atomic mass is 19.1. The van der Waals surface area contributed by atoms with E-state index in [1.54, 1.807) is 12.1 Å². The van der Waals surface area contributed by atoms with Crippen molar-refractivity contribution in [3.8, 4) is 0 Å². The number of carbonyl (C=O) groups is 1. The van der Waals surface area contributed by atoms with Crippen molar-refractivity contribution >= 4 is 17.3 Å². The third-order valence-corrected chi connectivity index (χ3v) is 2.95. The first-order valence-corrected chi connectivity index (χ1v) is 6.16. The number of carbonyl (C=O) groups excluding carboxylic acids is 1. The first-order valence-electron chi connectivity index (χ1n) is 6.16. The van der Waals surface area contributed by atoms with Crippen LogP contribution in [-0.4, -0.2) is 5.91 Å². The molecule has 0 heterocycles. The molecule has 1 amide bonds. The fourth-order valence-electron chi connectivity index (χ4n) is 1.76. The Bertz CT molecular complexity index is 639.